The number of hydrogen-bond donors (Lipinski definition) is 0. The van der Waals surface area contributed by atoms with E-state index >= 15 is 0 Å². The summed E-state index contributed by atoms with van der Waals surface area (Å²) >= 11 is 1.42. The predicted octanol–water partition coefficient (Wildman–Crippen LogP) is 5.21. The highest BCUT2D eigenvalue weighted by molar-refractivity contribution is 7.98. The van der Waals surface area contributed by atoms with Crippen molar-refractivity contribution in [1.82, 2.24) is 15.2 Å². The first-order chi connectivity index (χ1) is 13.7. The summed E-state index contributed by atoms with van der Waals surface area (Å²) in [5.74, 6) is 3.19. The van der Waals surface area contributed by atoms with E-state index in [2.05, 4.69) is 15.2 Å². The molecule has 142 valence electrons. The van der Waals surface area contributed by atoms with Crippen LogP contribution < -0.4 is 4.74 Å². The van der Waals surface area contributed by atoms with Crippen molar-refractivity contribution in [2.24, 2.45) is 0 Å². The highest BCUT2D eigenvalue weighted by atomic mass is 32.2. The lowest BCUT2D eigenvalue weighted by molar-refractivity contribution is 0.252. The second-order valence-electron chi connectivity index (χ2n) is 6.24. The fraction of sp³-hybridized carbons (Fsp3) is 0.190. The molecule has 0 aliphatic heterocycles. The number of rotatable bonds is 7. The molecule has 0 radical (unpaired) electrons. The van der Waals surface area contributed by atoms with E-state index in [9.17, 15) is 0 Å². The van der Waals surface area contributed by atoms with Gasteiger partial charge in [-0.25, -0.2) is 4.98 Å². The van der Waals surface area contributed by atoms with E-state index in [1.807, 2.05) is 68.4 Å². The normalized spacial score (nSPS) is 10.9. The second kappa shape index (κ2) is 8.31. The van der Waals surface area contributed by atoms with Gasteiger partial charge in [-0.3, -0.25) is 0 Å². The monoisotopic (exact) mass is 393 g/mol. The molecule has 0 fully saturated rings. The molecule has 0 N–H and O–H groups in total. The number of aromatic nitrogens is 3. The first kappa shape index (κ1) is 18.3. The van der Waals surface area contributed by atoms with Crippen LogP contribution in [0.2, 0.25) is 0 Å². The summed E-state index contributed by atoms with van der Waals surface area (Å²) in [4.78, 5) is 4.58. The number of nitrogens with zero attached hydrogens (tertiary/aromatic N) is 3. The maximum atomic E-state index is 5.78. The Balaban J connectivity index is 1.34. The minimum atomic E-state index is 0.234. The van der Waals surface area contributed by atoms with Crippen LogP contribution in [-0.2, 0) is 12.4 Å². The van der Waals surface area contributed by atoms with Crippen molar-refractivity contribution >= 4 is 11.8 Å². The van der Waals surface area contributed by atoms with Gasteiger partial charge in [0.2, 0.25) is 5.89 Å². The van der Waals surface area contributed by atoms with Gasteiger partial charge in [0.15, 0.2) is 6.61 Å². The highest BCUT2D eigenvalue weighted by Crippen LogP contribution is 2.27. The van der Waals surface area contributed by atoms with Crippen LogP contribution in [0.15, 0.2) is 68.7 Å². The number of thioether (sulfide) groups is 1. The van der Waals surface area contributed by atoms with Gasteiger partial charge in [0.1, 0.15) is 11.5 Å². The molecule has 4 rings (SSSR count). The Labute approximate surface area is 167 Å². The molecule has 7 heteroatoms. The van der Waals surface area contributed by atoms with Gasteiger partial charge < -0.3 is 13.6 Å². The summed E-state index contributed by atoms with van der Waals surface area (Å²) in [7, 11) is 0. The Morgan fingerprint density at radius 1 is 0.929 bits per heavy atom. The molecule has 2 aromatic heterocycles. The van der Waals surface area contributed by atoms with Gasteiger partial charge in [-0.15, -0.1) is 10.2 Å². The predicted molar refractivity (Wildman–Crippen MR) is 106 cm³/mol. The Hall–Kier alpha value is -3.06. The smallest absolute Gasteiger partial charge is 0.277 e. The van der Waals surface area contributed by atoms with E-state index in [-0.39, 0.29) is 6.61 Å². The third-order valence-corrected chi connectivity index (χ3v) is 4.91. The van der Waals surface area contributed by atoms with E-state index in [0.717, 1.165) is 22.8 Å². The van der Waals surface area contributed by atoms with Crippen molar-refractivity contribution in [2.45, 2.75) is 31.4 Å². The molecular weight excluding hydrogens is 374 g/mol. The van der Waals surface area contributed by atoms with Crippen LogP contribution in [0.4, 0.5) is 0 Å². The van der Waals surface area contributed by atoms with Crippen molar-refractivity contribution in [3.05, 3.63) is 77.5 Å². The number of ether oxygens (including phenoxy) is 1. The third-order valence-electron chi connectivity index (χ3n) is 4.08. The average Bonchev–Trinajstić information content (AvgIpc) is 3.33. The maximum absolute atomic E-state index is 5.78. The SMILES string of the molecule is Cc1ccc(OCc2nnc(SCc3nc(-c4ccccc4)oc3C)o2)cc1. The lowest BCUT2D eigenvalue weighted by Gasteiger charge is -2.02. The Morgan fingerprint density at radius 2 is 1.71 bits per heavy atom. The van der Waals surface area contributed by atoms with Crippen molar-refractivity contribution in [1.29, 1.82) is 0 Å². The summed E-state index contributed by atoms with van der Waals surface area (Å²) in [6.07, 6.45) is 0. The summed E-state index contributed by atoms with van der Waals surface area (Å²) in [6.45, 7) is 4.17. The van der Waals surface area contributed by atoms with E-state index in [1.165, 1.54) is 17.3 Å². The largest absolute Gasteiger partial charge is 0.484 e. The van der Waals surface area contributed by atoms with Crippen LogP contribution in [0.3, 0.4) is 0 Å². The van der Waals surface area contributed by atoms with Gasteiger partial charge >= 0.3 is 0 Å². The molecule has 0 bridgehead atoms. The molecule has 2 heterocycles. The van der Waals surface area contributed by atoms with Crippen LogP contribution in [0.25, 0.3) is 11.5 Å². The Morgan fingerprint density at radius 3 is 2.50 bits per heavy atom. The average molecular weight is 393 g/mol. The fourth-order valence-corrected chi connectivity index (χ4v) is 3.31. The highest BCUT2D eigenvalue weighted by Gasteiger charge is 2.14. The summed E-state index contributed by atoms with van der Waals surface area (Å²) in [6, 6.07) is 17.7. The molecule has 28 heavy (non-hydrogen) atoms. The number of aryl methyl sites for hydroxylation is 2. The first-order valence-corrected chi connectivity index (χ1v) is 9.82. The van der Waals surface area contributed by atoms with E-state index < -0.39 is 0 Å². The van der Waals surface area contributed by atoms with Crippen molar-refractivity contribution in [2.75, 3.05) is 0 Å². The van der Waals surface area contributed by atoms with Gasteiger partial charge in [-0.2, -0.15) is 0 Å². The summed E-state index contributed by atoms with van der Waals surface area (Å²) in [5, 5.41) is 8.57. The third kappa shape index (κ3) is 4.43. The van der Waals surface area contributed by atoms with Crippen molar-refractivity contribution in [3.8, 4) is 17.2 Å². The van der Waals surface area contributed by atoms with Gasteiger partial charge in [0.05, 0.1) is 5.69 Å². The maximum Gasteiger partial charge on any atom is 0.277 e. The topological polar surface area (TPSA) is 74.2 Å². The van der Waals surface area contributed by atoms with Crippen LogP contribution in [0.5, 0.6) is 5.75 Å². The standard InChI is InChI=1S/C21H19N3O3S/c1-14-8-10-17(11-9-14)25-12-19-23-24-21(27-19)28-13-18-15(2)26-20(22-18)16-6-4-3-5-7-16/h3-11H,12-13H2,1-2H3. The molecule has 0 unspecified atom stereocenters. The summed E-state index contributed by atoms with van der Waals surface area (Å²) in [5.41, 5.74) is 3.00. The minimum absolute atomic E-state index is 0.234. The van der Waals surface area contributed by atoms with Crippen molar-refractivity contribution in [3.63, 3.8) is 0 Å². The molecule has 0 aliphatic carbocycles. The van der Waals surface area contributed by atoms with E-state index in [0.29, 0.717) is 22.8 Å². The van der Waals surface area contributed by atoms with Crippen LogP contribution in [0.1, 0.15) is 22.9 Å². The molecule has 0 amide bonds. The Kier molecular flexibility index (Phi) is 5.43. The molecule has 0 spiro atoms. The second-order valence-corrected chi connectivity index (χ2v) is 7.17. The molecule has 0 atom stereocenters. The number of oxazole rings is 1. The molecule has 2 aromatic carbocycles. The van der Waals surface area contributed by atoms with E-state index in [1.54, 1.807) is 0 Å². The van der Waals surface area contributed by atoms with Crippen LogP contribution >= 0.6 is 11.8 Å². The van der Waals surface area contributed by atoms with Gasteiger partial charge in [0.25, 0.3) is 11.1 Å². The molecule has 0 aliphatic rings. The zero-order valence-corrected chi connectivity index (χ0v) is 16.4. The molecule has 4 aromatic rings. The van der Waals surface area contributed by atoms with Gasteiger partial charge in [-0.05, 0) is 38.1 Å². The number of benzene rings is 2. The molecule has 0 saturated heterocycles. The van der Waals surface area contributed by atoms with Crippen molar-refractivity contribution < 1.29 is 13.6 Å². The lowest BCUT2D eigenvalue weighted by Crippen LogP contribution is -1.95. The van der Waals surface area contributed by atoms with Gasteiger partial charge in [-0.1, -0.05) is 47.7 Å². The number of hydrogen-bond acceptors (Lipinski definition) is 7. The Bertz CT molecular complexity index is 1040. The lowest BCUT2D eigenvalue weighted by atomic mass is 10.2. The first-order valence-electron chi connectivity index (χ1n) is 8.84. The zero-order chi connectivity index (χ0) is 19.3. The zero-order valence-electron chi connectivity index (χ0n) is 15.6. The molecular formula is C21H19N3O3S. The quantitative estimate of drug-likeness (QED) is 0.399. The molecule has 0 saturated carbocycles. The van der Waals surface area contributed by atoms with E-state index in [4.69, 9.17) is 13.6 Å². The molecule has 6 nitrogen and oxygen atoms in total. The summed E-state index contributed by atoms with van der Waals surface area (Å²) < 4.78 is 17.1. The van der Waals surface area contributed by atoms with Crippen LogP contribution in [-0.4, -0.2) is 15.2 Å². The minimum Gasteiger partial charge on any atom is -0.484 e. The van der Waals surface area contributed by atoms with Gasteiger partial charge in [0, 0.05) is 11.3 Å². The van der Waals surface area contributed by atoms with Crippen LogP contribution in [0, 0.1) is 13.8 Å². The fourth-order valence-electron chi connectivity index (χ4n) is 2.53.